The van der Waals surface area contributed by atoms with Crippen LogP contribution in [-0.4, -0.2) is 18.5 Å². The summed E-state index contributed by atoms with van der Waals surface area (Å²) < 4.78 is 5.77. The first-order valence-corrected chi connectivity index (χ1v) is 7.98. The second kappa shape index (κ2) is 7.02. The van der Waals surface area contributed by atoms with Crippen molar-refractivity contribution in [1.82, 2.24) is 5.32 Å². The smallest absolute Gasteiger partial charge is 0.231 e. The minimum atomic E-state index is -0.318. The van der Waals surface area contributed by atoms with Gasteiger partial charge in [-0.25, -0.2) is 0 Å². The van der Waals surface area contributed by atoms with E-state index in [9.17, 15) is 4.79 Å². The van der Waals surface area contributed by atoms with E-state index in [1.165, 1.54) is 5.56 Å². The maximum absolute atomic E-state index is 10.8. The number of rotatable bonds is 7. The SMILES string of the molecule is NC(=O)CNC1CC1c1ccc(OCc2ccc(Cl)cc2)cc1. The maximum Gasteiger partial charge on any atom is 0.231 e. The fraction of sp³-hybridized carbons (Fsp3) is 0.278. The summed E-state index contributed by atoms with van der Waals surface area (Å²) in [7, 11) is 0. The van der Waals surface area contributed by atoms with E-state index in [0.29, 0.717) is 18.6 Å². The van der Waals surface area contributed by atoms with Gasteiger partial charge in [0.25, 0.3) is 0 Å². The van der Waals surface area contributed by atoms with Crippen LogP contribution in [0, 0.1) is 0 Å². The average molecular weight is 331 g/mol. The van der Waals surface area contributed by atoms with Crippen LogP contribution >= 0.6 is 11.6 Å². The highest BCUT2D eigenvalue weighted by molar-refractivity contribution is 6.30. The topological polar surface area (TPSA) is 64.4 Å². The van der Waals surface area contributed by atoms with E-state index in [1.54, 1.807) is 0 Å². The van der Waals surface area contributed by atoms with E-state index in [0.717, 1.165) is 22.8 Å². The van der Waals surface area contributed by atoms with Crippen molar-refractivity contribution < 1.29 is 9.53 Å². The molecule has 2 aromatic carbocycles. The summed E-state index contributed by atoms with van der Waals surface area (Å²) in [5, 5.41) is 3.88. The number of primary amides is 1. The molecule has 1 aliphatic carbocycles. The van der Waals surface area contributed by atoms with Gasteiger partial charge in [-0.15, -0.1) is 0 Å². The Balaban J connectivity index is 1.50. The number of benzene rings is 2. The van der Waals surface area contributed by atoms with Gasteiger partial charge in [-0.05, 0) is 41.8 Å². The molecule has 0 radical (unpaired) electrons. The van der Waals surface area contributed by atoms with Crippen molar-refractivity contribution in [3.63, 3.8) is 0 Å². The third-order valence-corrected chi connectivity index (χ3v) is 4.21. The second-order valence-corrected chi connectivity index (χ2v) is 6.22. The summed E-state index contributed by atoms with van der Waals surface area (Å²) in [6.45, 7) is 0.756. The van der Waals surface area contributed by atoms with Crippen molar-refractivity contribution in [2.45, 2.75) is 25.0 Å². The number of nitrogens with two attached hydrogens (primary N) is 1. The van der Waals surface area contributed by atoms with Crippen LogP contribution in [0.15, 0.2) is 48.5 Å². The molecule has 23 heavy (non-hydrogen) atoms. The molecule has 1 aliphatic rings. The van der Waals surface area contributed by atoms with Crippen molar-refractivity contribution in [2.24, 2.45) is 5.73 Å². The van der Waals surface area contributed by atoms with E-state index < -0.39 is 0 Å². The molecule has 3 rings (SSSR count). The molecular weight excluding hydrogens is 312 g/mol. The Hall–Kier alpha value is -2.04. The number of nitrogens with one attached hydrogen (secondary N) is 1. The molecule has 3 N–H and O–H groups in total. The van der Waals surface area contributed by atoms with Gasteiger partial charge < -0.3 is 15.8 Å². The Bertz CT molecular complexity index is 670. The molecule has 0 aliphatic heterocycles. The predicted molar refractivity (Wildman–Crippen MR) is 90.6 cm³/mol. The van der Waals surface area contributed by atoms with Crippen LogP contribution in [0.2, 0.25) is 5.02 Å². The fourth-order valence-electron chi connectivity index (χ4n) is 2.58. The van der Waals surface area contributed by atoms with Gasteiger partial charge in [-0.2, -0.15) is 0 Å². The first-order chi connectivity index (χ1) is 11.1. The summed E-state index contributed by atoms with van der Waals surface area (Å²) >= 11 is 5.86. The lowest BCUT2D eigenvalue weighted by Crippen LogP contribution is -2.30. The Morgan fingerprint density at radius 3 is 2.52 bits per heavy atom. The number of carbonyl (C=O) groups excluding carboxylic acids is 1. The quantitative estimate of drug-likeness (QED) is 0.820. The zero-order valence-electron chi connectivity index (χ0n) is 12.7. The first-order valence-electron chi connectivity index (χ1n) is 7.61. The Morgan fingerprint density at radius 1 is 1.17 bits per heavy atom. The highest BCUT2D eigenvalue weighted by Crippen LogP contribution is 2.41. The van der Waals surface area contributed by atoms with Gasteiger partial charge in [0.05, 0.1) is 6.54 Å². The lowest BCUT2D eigenvalue weighted by atomic mass is 10.1. The molecule has 4 nitrogen and oxygen atoms in total. The molecule has 1 saturated carbocycles. The number of ether oxygens (including phenoxy) is 1. The number of hydrogen-bond acceptors (Lipinski definition) is 3. The monoisotopic (exact) mass is 330 g/mol. The van der Waals surface area contributed by atoms with Crippen LogP contribution in [-0.2, 0) is 11.4 Å². The highest BCUT2D eigenvalue weighted by Gasteiger charge is 2.37. The minimum Gasteiger partial charge on any atom is -0.489 e. The van der Waals surface area contributed by atoms with Crippen LogP contribution in [0.3, 0.4) is 0 Å². The van der Waals surface area contributed by atoms with Gasteiger partial charge in [0.15, 0.2) is 0 Å². The van der Waals surface area contributed by atoms with Crippen molar-refractivity contribution in [2.75, 3.05) is 6.54 Å². The molecule has 1 amide bonds. The summed E-state index contributed by atoms with van der Waals surface area (Å²) in [5.74, 6) is 0.979. The maximum atomic E-state index is 10.8. The van der Waals surface area contributed by atoms with Crippen LogP contribution in [0.4, 0.5) is 0 Å². The van der Waals surface area contributed by atoms with Crippen molar-refractivity contribution in [1.29, 1.82) is 0 Å². The fourth-order valence-corrected chi connectivity index (χ4v) is 2.71. The van der Waals surface area contributed by atoms with Crippen molar-refractivity contribution in [3.05, 3.63) is 64.7 Å². The predicted octanol–water partition coefficient (Wildman–Crippen LogP) is 2.85. The molecule has 0 saturated heterocycles. The zero-order chi connectivity index (χ0) is 16.2. The first kappa shape index (κ1) is 15.8. The zero-order valence-corrected chi connectivity index (χ0v) is 13.4. The van der Waals surface area contributed by atoms with Crippen LogP contribution in [0.25, 0.3) is 0 Å². The molecule has 0 spiro atoms. The van der Waals surface area contributed by atoms with E-state index in [2.05, 4.69) is 17.4 Å². The largest absolute Gasteiger partial charge is 0.489 e. The van der Waals surface area contributed by atoms with Gasteiger partial charge in [-0.1, -0.05) is 35.9 Å². The van der Waals surface area contributed by atoms with E-state index in [4.69, 9.17) is 22.1 Å². The normalized spacial score (nSPS) is 19.3. The lowest BCUT2D eigenvalue weighted by Gasteiger charge is -2.08. The van der Waals surface area contributed by atoms with Crippen LogP contribution in [0.1, 0.15) is 23.5 Å². The molecular formula is C18H19ClN2O2. The van der Waals surface area contributed by atoms with Gasteiger partial charge in [0.1, 0.15) is 12.4 Å². The highest BCUT2D eigenvalue weighted by atomic mass is 35.5. The van der Waals surface area contributed by atoms with Gasteiger partial charge in [0, 0.05) is 17.0 Å². The summed E-state index contributed by atoms with van der Waals surface area (Å²) in [6.07, 6.45) is 1.04. The van der Waals surface area contributed by atoms with Gasteiger partial charge in [0.2, 0.25) is 5.91 Å². The molecule has 0 bridgehead atoms. The summed E-state index contributed by atoms with van der Waals surface area (Å²) in [6, 6.07) is 16.1. The standard InChI is InChI=1S/C18H19ClN2O2/c19-14-5-1-12(2-6-14)11-23-15-7-3-13(4-8-15)16-9-17(16)21-10-18(20)22/h1-8,16-17,21H,9-11H2,(H2,20,22). The summed E-state index contributed by atoms with van der Waals surface area (Å²) in [4.78, 5) is 10.8. The number of halogens is 1. The molecule has 2 aromatic rings. The minimum absolute atomic E-state index is 0.240. The van der Waals surface area contributed by atoms with Gasteiger partial charge >= 0.3 is 0 Å². The third-order valence-electron chi connectivity index (χ3n) is 3.96. The molecule has 120 valence electrons. The summed E-state index contributed by atoms with van der Waals surface area (Å²) in [5.41, 5.74) is 7.47. The molecule has 1 fully saturated rings. The van der Waals surface area contributed by atoms with E-state index >= 15 is 0 Å². The van der Waals surface area contributed by atoms with Gasteiger partial charge in [-0.3, -0.25) is 4.79 Å². The van der Waals surface area contributed by atoms with Crippen molar-refractivity contribution in [3.8, 4) is 5.75 Å². The second-order valence-electron chi connectivity index (χ2n) is 5.78. The number of carbonyl (C=O) groups is 1. The van der Waals surface area contributed by atoms with Crippen molar-refractivity contribution >= 4 is 17.5 Å². The lowest BCUT2D eigenvalue weighted by molar-refractivity contribution is -0.117. The Labute approximate surface area is 140 Å². The van der Waals surface area contributed by atoms with Crippen LogP contribution < -0.4 is 15.8 Å². The molecule has 2 unspecified atom stereocenters. The molecule has 0 heterocycles. The molecule has 0 aromatic heterocycles. The number of hydrogen-bond donors (Lipinski definition) is 2. The van der Waals surface area contributed by atoms with Crippen LogP contribution in [0.5, 0.6) is 5.75 Å². The van der Waals surface area contributed by atoms with E-state index in [-0.39, 0.29) is 12.5 Å². The van der Waals surface area contributed by atoms with E-state index in [1.807, 2.05) is 36.4 Å². The molecule has 5 heteroatoms. The number of amides is 1. The molecule has 2 atom stereocenters. The average Bonchev–Trinajstić information content (AvgIpc) is 3.33. The Kier molecular flexibility index (Phi) is 4.84. The Morgan fingerprint density at radius 2 is 1.87 bits per heavy atom. The third kappa shape index (κ3) is 4.47.